The van der Waals surface area contributed by atoms with Gasteiger partial charge in [0.15, 0.2) is 11.6 Å². The third-order valence-electron chi connectivity index (χ3n) is 3.96. The number of halogens is 3. The first-order chi connectivity index (χ1) is 15.2. The molecule has 0 aliphatic heterocycles. The molecule has 6 nitrogen and oxygen atoms in total. The van der Waals surface area contributed by atoms with Crippen LogP contribution >= 0.6 is 0 Å². The Morgan fingerprint density at radius 3 is 2.42 bits per heavy atom. The Morgan fingerprint density at radius 1 is 1.21 bits per heavy atom. The van der Waals surface area contributed by atoms with Crippen LogP contribution in [0.4, 0.5) is 24.5 Å². The number of aliphatic hydroxyl groups is 1. The van der Waals surface area contributed by atoms with Gasteiger partial charge in [0.2, 0.25) is 0 Å². The highest BCUT2D eigenvalue weighted by molar-refractivity contribution is 6.83. The lowest BCUT2D eigenvalue weighted by atomic mass is 10.1. The van der Waals surface area contributed by atoms with Crippen molar-refractivity contribution in [3.05, 3.63) is 58.4 Å². The first-order valence-corrected chi connectivity index (χ1v) is 13.4. The van der Waals surface area contributed by atoms with Crippen LogP contribution < -0.4 is 5.32 Å². The van der Waals surface area contributed by atoms with E-state index in [0.717, 1.165) is 18.3 Å². The lowest BCUT2D eigenvalue weighted by molar-refractivity contribution is -0.0185. The molecule has 0 spiro atoms. The van der Waals surface area contributed by atoms with Crippen LogP contribution in [0.2, 0.25) is 19.6 Å². The number of nitrogens with zero attached hydrogens (tertiary/aromatic N) is 1. The van der Waals surface area contributed by atoms with Gasteiger partial charge in [0.25, 0.3) is 0 Å². The Labute approximate surface area is 191 Å². The van der Waals surface area contributed by atoms with Gasteiger partial charge in [-0.05, 0) is 38.1 Å². The number of carboxylic acids is 1. The molecule has 33 heavy (non-hydrogen) atoms. The van der Waals surface area contributed by atoms with Gasteiger partial charge in [0.1, 0.15) is 20.5 Å². The quantitative estimate of drug-likeness (QED) is 0.228. The Morgan fingerprint density at radius 2 is 1.88 bits per heavy atom. The van der Waals surface area contributed by atoms with Crippen molar-refractivity contribution in [2.75, 3.05) is 11.9 Å². The van der Waals surface area contributed by atoms with E-state index >= 15 is 0 Å². The minimum absolute atomic E-state index is 0.226. The number of oxime groups is 1. The molecule has 0 amide bonds. The van der Waals surface area contributed by atoms with E-state index in [4.69, 9.17) is 4.84 Å². The molecule has 0 bridgehead atoms. The first-order valence-electron chi connectivity index (χ1n) is 9.91. The molecule has 10 heteroatoms. The molecule has 0 atom stereocenters. The van der Waals surface area contributed by atoms with E-state index in [9.17, 15) is 28.2 Å². The molecule has 0 heterocycles. The van der Waals surface area contributed by atoms with Crippen LogP contribution in [0.1, 0.15) is 35.3 Å². The second-order valence-electron chi connectivity index (χ2n) is 8.96. The zero-order valence-electron chi connectivity index (χ0n) is 18.9. The van der Waals surface area contributed by atoms with Crippen LogP contribution in [-0.2, 0) is 4.84 Å². The highest BCUT2D eigenvalue weighted by Gasteiger charge is 2.23. The molecule has 2 aromatic carbocycles. The zero-order valence-corrected chi connectivity index (χ0v) is 19.9. The van der Waals surface area contributed by atoms with Gasteiger partial charge in [-0.2, -0.15) is 0 Å². The van der Waals surface area contributed by atoms with E-state index in [0.29, 0.717) is 5.56 Å². The number of aromatic carboxylic acids is 1. The third kappa shape index (κ3) is 7.66. The lowest BCUT2D eigenvalue weighted by Gasteiger charge is -2.15. The van der Waals surface area contributed by atoms with Crippen molar-refractivity contribution in [3.63, 3.8) is 0 Å². The van der Waals surface area contributed by atoms with Gasteiger partial charge in [-0.3, -0.25) is 0 Å². The molecule has 2 aromatic rings. The van der Waals surface area contributed by atoms with Crippen LogP contribution in [0.5, 0.6) is 0 Å². The molecule has 0 aromatic heterocycles. The van der Waals surface area contributed by atoms with Crippen molar-refractivity contribution in [2.45, 2.75) is 39.1 Å². The number of anilines is 2. The average Bonchev–Trinajstić information content (AvgIpc) is 2.68. The zero-order chi connectivity index (χ0) is 25.0. The largest absolute Gasteiger partial charge is 0.478 e. The van der Waals surface area contributed by atoms with E-state index < -0.39 is 53.9 Å². The molecule has 2 rings (SSSR count). The summed E-state index contributed by atoms with van der Waals surface area (Å²) in [5, 5.41) is 24.8. The molecule has 3 N–H and O–H groups in total. The second kappa shape index (κ2) is 10.1. The summed E-state index contributed by atoms with van der Waals surface area (Å²) >= 11 is 0. The number of carboxylic acid groups (broad SMARTS) is 1. The molecule has 0 saturated heterocycles. The molecule has 0 aliphatic rings. The number of rotatable bonds is 7. The summed E-state index contributed by atoms with van der Waals surface area (Å²) in [6.45, 7) is 8.78. The Balaban J connectivity index is 2.39. The summed E-state index contributed by atoms with van der Waals surface area (Å²) in [5.74, 6) is -2.43. The fraction of sp³-hybridized carbons (Fsp3) is 0.304. The predicted octanol–water partition coefficient (Wildman–Crippen LogP) is 4.90. The Bertz CT molecular complexity index is 1140. The summed E-state index contributed by atoms with van der Waals surface area (Å²) in [7, 11) is -1.68. The summed E-state index contributed by atoms with van der Waals surface area (Å²) < 4.78 is 43.8. The van der Waals surface area contributed by atoms with Crippen molar-refractivity contribution >= 4 is 31.6 Å². The van der Waals surface area contributed by atoms with E-state index in [2.05, 4.69) is 21.9 Å². The van der Waals surface area contributed by atoms with Gasteiger partial charge in [-0.15, -0.1) is 5.54 Å². The minimum Gasteiger partial charge on any atom is -0.478 e. The van der Waals surface area contributed by atoms with Crippen molar-refractivity contribution in [1.29, 1.82) is 0 Å². The van der Waals surface area contributed by atoms with Gasteiger partial charge in [-0.25, -0.2) is 18.0 Å². The molecule has 0 saturated carbocycles. The van der Waals surface area contributed by atoms with E-state index in [-0.39, 0.29) is 12.3 Å². The van der Waals surface area contributed by atoms with Crippen molar-refractivity contribution < 1.29 is 33.0 Å². The van der Waals surface area contributed by atoms with Gasteiger partial charge in [0, 0.05) is 11.1 Å². The van der Waals surface area contributed by atoms with Crippen LogP contribution in [0.25, 0.3) is 0 Å². The number of nitrogens with one attached hydrogen (secondary N) is 1. The van der Waals surface area contributed by atoms with E-state index in [1.54, 1.807) is 0 Å². The summed E-state index contributed by atoms with van der Waals surface area (Å²) in [6, 6.07) is 4.73. The van der Waals surface area contributed by atoms with Gasteiger partial charge in [-0.1, -0.05) is 30.7 Å². The maximum absolute atomic E-state index is 14.7. The third-order valence-corrected chi connectivity index (χ3v) is 4.83. The number of hydrogen-bond acceptors (Lipinski definition) is 5. The second-order valence-corrected chi connectivity index (χ2v) is 13.7. The number of carbonyl (C=O) groups is 1. The van der Waals surface area contributed by atoms with Crippen LogP contribution in [0, 0.1) is 28.9 Å². The van der Waals surface area contributed by atoms with Crippen molar-refractivity contribution in [1.82, 2.24) is 0 Å². The fourth-order valence-electron chi connectivity index (χ4n) is 2.41. The molecule has 0 fully saturated rings. The number of benzene rings is 2. The molecule has 0 radical (unpaired) electrons. The first kappa shape index (κ1) is 26.0. The van der Waals surface area contributed by atoms with Crippen LogP contribution in [-0.4, -0.2) is 42.7 Å². The standard InChI is InChI=1S/C23H25F3N2O4Si/c1-23(2,31)13-32-27-12-15-11-16(22(29)30)21(20(26)19(15)25)28-18-7-6-14(10-17(18)24)8-9-33(3,4)5/h6-7,10-12,28,31H,13H2,1-5H3,(H,29,30)/b27-12+. The Hall–Kier alpha value is -3.29. The van der Waals surface area contributed by atoms with Gasteiger partial charge >= 0.3 is 5.97 Å². The topological polar surface area (TPSA) is 91.2 Å². The lowest BCUT2D eigenvalue weighted by Crippen LogP contribution is -2.24. The maximum atomic E-state index is 14.7. The predicted molar refractivity (Wildman–Crippen MR) is 123 cm³/mol. The smallest absolute Gasteiger partial charge is 0.337 e. The van der Waals surface area contributed by atoms with E-state index in [1.807, 2.05) is 19.6 Å². The van der Waals surface area contributed by atoms with Crippen LogP contribution in [0.3, 0.4) is 0 Å². The maximum Gasteiger partial charge on any atom is 0.337 e. The van der Waals surface area contributed by atoms with E-state index in [1.165, 1.54) is 26.0 Å². The highest BCUT2D eigenvalue weighted by atomic mass is 28.3. The van der Waals surface area contributed by atoms with Crippen LogP contribution in [0.15, 0.2) is 29.4 Å². The molecular weight excluding hydrogens is 453 g/mol. The van der Waals surface area contributed by atoms with Gasteiger partial charge < -0.3 is 20.4 Å². The summed E-state index contributed by atoms with van der Waals surface area (Å²) in [6.07, 6.45) is 0.785. The highest BCUT2D eigenvalue weighted by Crippen LogP contribution is 2.30. The fourth-order valence-corrected chi connectivity index (χ4v) is 2.93. The van der Waals surface area contributed by atoms with Crippen molar-refractivity contribution in [3.8, 4) is 11.5 Å². The SMILES string of the molecule is CC(C)(O)CO/N=C/c1cc(C(=O)O)c(Nc2ccc(C#C[Si](C)(C)C)cc2F)c(F)c1F. The monoisotopic (exact) mass is 478 g/mol. The van der Waals surface area contributed by atoms with Gasteiger partial charge in [0.05, 0.1) is 28.8 Å². The summed E-state index contributed by atoms with van der Waals surface area (Å²) in [5.41, 5.74) is 0.164. The number of hydrogen-bond donors (Lipinski definition) is 3. The summed E-state index contributed by atoms with van der Waals surface area (Å²) in [4.78, 5) is 16.5. The average molecular weight is 479 g/mol. The Kier molecular flexibility index (Phi) is 7.95. The molecule has 0 unspecified atom stereocenters. The minimum atomic E-state index is -1.68. The molecule has 176 valence electrons. The molecule has 0 aliphatic carbocycles. The van der Waals surface area contributed by atoms with Crippen molar-refractivity contribution in [2.24, 2.45) is 5.16 Å². The molecular formula is C23H25F3N2O4Si. The normalized spacial score (nSPS) is 11.8.